The average Bonchev–Trinajstić information content (AvgIpc) is 2.51. The number of amides is 1. The van der Waals surface area contributed by atoms with Crippen molar-refractivity contribution >= 4 is 40.6 Å². The Hall–Kier alpha value is -1.89. The van der Waals surface area contributed by atoms with Gasteiger partial charge in [-0.2, -0.15) is 0 Å². The SMILES string of the molecule is COCCNc1ccc(C(=O)Nc2ccc(Cl)cc2Cl)nn1. The number of hydrogen-bond acceptors (Lipinski definition) is 5. The average molecular weight is 341 g/mol. The van der Waals surface area contributed by atoms with Gasteiger partial charge in [0.05, 0.1) is 17.3 Å². The van der Waals surface area contributed by atoms with Gasteiger partial charge in [0.25, 0.3) is 5.91 Å². The van der Waals surface area contributed by atoms with Crippen LogP contribution in [0.15, 0.2) is 30.3 Å². The highest BCUT2D eigenvalue weighted by atomic mass is 35.5. The predicted octanol–water partition coefficient (Wildman–Crippen LogP) is 3.09. The van der Waals surface area contributed by atoms with Crippen molar-refractivity contribution in [3.63, 3.8) is 0 Å². The Balaban J connectivity index is 2.00. The molecule has 0 spiro atoms. The van der Waals surface area contributed by atoms with Crippen molar-refractivity contribution in [2.24, 2.45) is 0 Å². The molecule has 2 N–H and O–H groups in total. The standard InChI is InChI=1S/C14H14Cl2N4O2/c1-22-7-6-17-13-5-4-12(19-20-13)14(21)18-11-3-2-9(15)8-10(11)16/h2-5,8H,6-7H2,1H3,(H,17,20)(H,18,21). The number of nitrogens with one attached hydrogen (secondary N) is 2. The van der Waals surface area contributed by atoms with Crippen molar-refractivity contribution in [1.82, 2.24) is 10.2 Å². The Morgan fingerprint density at radius 3 is 2.68 bits per heavy atom. The molecule has 2 rings (SSSR count). The molecule has 22 heavy (non-hydrogen) atoms. The second-order valence-electron chi connectivity index (χ2n) is 4.30. The molecule has 0 aliphatic heterocycles. The summed E-state index contributed by atoms with van der Waals surface area (Å²) < 4.78 is 4.91. The van der Waals surface area contributed by atoms with Gasteiger partial charge in [-0.1, -0.05) is 23.2 Å². The molecule has 0 aliphatic carbocycles. The van der Waals surface area contributed by atoms with Crippen molar-refractivity contribution in [3.05, 3.63) is 46.1 Å². The van der Waals surface area contributed by atoms with E-state index in [1.54, 1.807) is 37.4 Å². The van der Waals surface area contributed by atoms with Crippen LogP contribution in [0.2, 0.25) is 10.0 Å². The van der Waals surface area contributed by atoms with E-state index in [4.69, 9.17) is 27.9 Å². The summed E-state index contributed by atoms with van der Waals surface area (Å²) in [5.74, 6) is 0.165. The zero-order valence-corrected chi connectivity index (χ0v) is 13.3. The molecule has 1 aromatic heterocycles. The molecule has 1 heterocycles. The van der Waals surface area contributed by atoms with Crippen LogP contribution in [0.3, 0.4) is 0 Å². The van der Waals surface area contributed by atoms with E-state index in [9.17, 15) is 4.79 Å². The van der Waals surface area contributed by atoms with E-state index < -0.39 is 5.91 Å². The van der Waals surface area contributed by atoms with Gasteiger partial charge in [0.2, 0.25) is 0 Å². The Bertz CT molecular complexity index is 650. The monoisotopic (exact) mass is 340 g/mol. The first-order chi connectivity index (χ1) is 10.6. The summed E-state index contributed by atoms with van der Waals surface area (Å²) in [6.07, 6.45) is 0. The zero-order valence-electron chi connectivity index (χ0n) is 11.8. The van der Waals surface area contributed by atoms with Gasteiger partial charge in [-0.15, -0.1) is 10.2 Å². The molecule has 0 unspecified atom stereocenters. The van der Waals surface area contributed by atoms with Gasteiger partial charge >= 0.3 is 0 Å². The summed E-state index contributed by atoms with van der Waals surface area (Å²) in [6.45, 7) is 1.16. The number of hydrogen-bond donors (Lipinski definition) is 2. The number of aromatic nitrogens is 2. The molecule has 0 aliphatic rings. The maximum absolute atomic E-state index is 12.1. The van der Waals surface area contributed by atoms with Crippen LogP contribution in [0.1, 0.15) is 10.5 Å². The van der Waals surface area contributed by atoms with Gasteiger partial charge in [0, 0.05) is 18.7 Å². The van der Waals surface area contributed by atoms with E-state index in [2.05, 4.69) is 20.8 Å². The minimum atomic E-state index is -0.403. The number of ether oxygens (including phenoxy) is 1. The summed E-state index contributed by atoms with van der Waals surface area (Å²) in [5.41, 5.74) is 0.642. The fourth-order valence-corrected chi connectivity index (χ4v) is 2.06. The molecule has 6 nitrogen and oxygen atoms in total. The number of benzene rings is 1. The summed E-state index contributed by atoms with van der Waals surface area (Å²) in [7, 11) is 1.61. The molecule has 0 radical (unpaired) electrons. The minimum absolute atomic E-state index is 0.184. The van der Waals surface area contributed by atoms with Gasteiger partial charge in [-0.3, -0.25) is 4.79 Å². The lowest BCUT2D eigenvalue weighted by molar-refractivity contribution is 0.102. The van der Waals surface area contributed by atoms with Crippen LogP contribution >= 0.6 is 23.2 Å². The number of halogens is 2. The summed E-state index contributed by atoms with van der Waals surface area (Å²) >= 11 is 11.8. The Labute approximate surface area is 137 Å². The molecule has 0 saturated heterocycles. The third-order valence-electron chi connectivity index (χ3n) is 2.69. The first-order valence-corrected chi connectivity index (χ1v) is 7.18. The maximum atomic E-state index is 12.1. The van der Waals surface area contributed by atoms with E-state index in [0.717, 1.165) is 0 Å². The summed E-state index contributed by atoms with van der Waals surface area (Å²) in [5, 5.41) is 14.3. The first-order valence-electron chi connectivity index (χ1n) is 6.43. The lowest BCUT2D eigenvalue weighted by Gasteiger charge is -2.07. The molecule has 1 aromatic carbocycles. The lowest BCUT2D eigenvalue weighted by atomic mass is 10.3. The van der Waals surface area contributed by atoms with Crippen LogP contribution in [0.5, 0.6) is 0 Å². The minimum Gasteiger partial charge on any atom is -0.383 e. The number of nitrogens with zero attached hydrogens (tertiary/aromatic N) is 2. The second-order valence-corrected chi connectivity index (χ2v) is 5.15. The molecule has 2 aromatic rings. The first kappa shape index (κ1) is 16.5. The molecule has 8 heteroatoms. The number of carbonyl (C=O) groups excluding carboxylic acids is 1. The molecule has 0 saturated carbocycles. The van der Waals surface area contributed by atoms with Crippen LogP contribution in [0, 0.1) is 0 Å². The van der Waals surface area contributed by atoms with E-state index in [-0.39, 0.29) is 5.69 Å². The number of carbonyl (C=O) groups is 1. The highest BCUT2D eigenvalue weighted by Crippen LogP contribution is 2.25. The van der Waals surface area contributed by atoms with Crippen molar-refractivity contribution in [2.45, 2.75) is 0 Å². The van der Waals surface area contributed by atoms with Gasteiger partial charge in [0.15, 0.2) is 5.69 Å². The van der Waals surface area contributed by atoms with E-state index in [0.29, 0.717) is 34.7 Å². The maximum Gasteiger partial charge on any atom is 0.276 e. The van der Waals surface area contributed by atoms with Crippen molar-refractivity contribution < 1.29 is 9.53 Å². The highest BCUT2D eigenvalue weighted by Gasteiger charge is 2.11. The predicted molar refractivity (Wildman–Crippen MR) is 86.8 cm³/mol. The van der Waals surface area contributed by atoms with E-state index in [1.807, 2.05) is 0 Å². The molecule has 1 amide bonds. The Morgan fingerprint density at radius 1 is 1.23 bits per heavy atom. The second kappa shape index (κ2) is 7.93. The fraction of sp³-hybridized carbons (Fsp3) is 0.214. The Morgan fingerprint density at radius 2 is 2.05 bits per heavy atom. The normalized spacial score (nSPS) is 10.3. The lowest BCUT2D eigenvalue weighted by Crippen LogP contribution is -2.15. The van der Waals surface area contributed by atoms with E-state index in [1.165, 1.54) is 0 Å². The van der Waals surface area contributed by atoms with Gasteiger partial charge < -0.3 is 15.4 Å². The van der Waals surface area contributed by atoms with Gasteiger partial charge in [-0.05, 0) is 30.3 Å². The topological polar surface area (TPSA) is 76.1 Å². The number of rotatable bonds is 6. The molecule has 0 bridgehead atoms. The Kier molecular flexibility index (Phi) is 5.94. The smallest absolute Gasteiger partial charge is 0.276 e. The van der Waals surface area contributed by atoms with Gasteiger partial charge in [-0.25, -0.2) is 0 Å². The number of anilines is 2. The zero-order chi connectivity index (χ0) is 15.9. The quantitative estimate of drug-likeness (QED) is 0.790. The fourth-order valence-electron chi connectivity index (χ4n) is 1.61. The largest absolute Gasteiger partial charge is 0.383 e. The molecule has 116 valence electrons. The number of methoxy groups -OCH3 is 1. The van der Waals surface area contributed by atoms with Crippen molar-refractivity contribution in [2.75, 3.05) is 30.9 Å². The summed E-state index contributed by atoms with van der Waals surface area (Å²) in [4.78, 5) is 12.1. The van der Waals surface area contributed by atoms with Crippen LogP contribution in [-0.4, -0.2) is 36.4 Å². The third-order valence-corrected chi connectivity index (χ3v) is 3.24. The summed E-state index contributed by atoms with van der Waals surface area (Å²) in [6, 6.07) is 8.05. The van der Waals surface area contributed by atoms with Crippen LogP contribution in [-0.2, 0) is 4.74 Å². The molecule has 0 atom stereocenters. The van der Waals surface area contributed by atoms with Crippen LogP contribution in [0.25, 0.3) is 0 Å². The van der Waals surface area contributed by atoms with Crippen molar-refractivity contribution in [1.29, 1.82) is 0 Å². The molecule has 0 fully saturated rings. The van der Waals surface area contributed by atoms with Gasteiger partial charge in [0.1, 0.15) is 5.82 Å². The van der Waals surface area contributed by atoms with Crippen LogP contribution in [0.4, 0.5) is 11.5 Å². The van der Waals surface area contributed by atoms with Crippen LogP contribution < -0.4 is 10.6 Å². The molecular formula is C14H14Cl2N4O2. The molecular weight excluding hydrogens is 327 g/mol. The highest BCUT2D eigenvalue weighted by molar-refractivity contribution is 6.36. The van der Waals surface area contributed by atoms with E-state index >= 15 is 0 Å². The van der Waals surface area contributed by atoms with Crippen molar-refractivity contribution in [3.8, 4) is 0 Å². The third kappa shape index (κ3) is 4.56.